The van der Waals surface area contributed by atoms with Gasteiger partial charge in [0.05, 0.1) is 10.4 Å². The predicted molar refractivity (Wildman–Crippen MR) is 83.1 cm³/mol. The highest BCUT2D eigenvalue weighted by molar-refractivity contribution is 7.15. The van der Waals surface area contributed by atoms with Crippen LogP contribution < -0.4 is 5.73 Å². The molecular formula is C16H21N3OS. The Labute approximate surface area is 128 Å². The minimum atomic E-state index is -0.368. The van der Waals surface area contributed by atoms with E-state index in [1.807, 2.05) is 11.3 Å². The molecule has 0 spiro atoms. The highest BCUT2D eigenvalue weighted by Crippen LogP contribution is 2.39. The Morgan fingerprint density at radius 3 is 3.00 bits per heavy atom. The number of thiophene rings is 1. The van der Waals surface area contributed by atoms with Gasteiger partial charge < -0.3 is 10.3 Å². The largest absolute Gasteiger partial charge is 0.333 e. The first-order valence-corrected chi connectivity index (χ1v) is 8.71. The van der Waals surface area contributed by atoms with Gasteiger partial charge in [-0.2, -0.15) is 4.98 Å². The summed E-state index contributed by atoms with van der Waals surface area (Å²) < 4.78 is 5.50. The van der Waals surface area contributed by atoms with Crippen molar-refractivity contribution in [2.75, 3.05) is 0 Å². The van der Waals surface area contributed by atoms with Crippen molar-refractivity contribution in [2.45, 2.75) is 57.4 Å². The van der Waals surface area contributed by atoms with Gasteiger partial charge in [-0.15, -0.1) is 11.3 Å². The molecule has 2 aromatic heterocycles. The number of nitrogens with zero attached hydrogens (tertiary/aromatic N) is 2. The average Bonchev–Trinajstić information content (AvgIpc) is 3.15. The van der Waals surface area contributed by atoms with Gasteiger partial charge in [0, 0.05) is 4.88 Å². The summed E-state index contributed by atoms with van der Waals surface area (Å²) in [6, 6.07) is 2.24. The molecule has 1 atom stereocenters. The van der Waals surface area contributed by atoms with Gasteiger partial charge >= 0.3 is 0 Å². The molecule has 2 aromatic rings. The molecule has 2 heterocycles. The Hall–Kier alpha value is -1.20. The molecule has 4 nitrogen and oxygen atoms in total. The van der Waals surface area contributed by atoms with Crippen LogP contribution in [0.5, 0.6) is 0 Å². The summed E-state index contributed by atoms with van der Waals surface area (Å²) in [5.41, 5.74) is 7.51. The minimum absolute atomic E-state index is 0.368. The number of hydrogen-bond acceptors (Lipinski definition) is 5. The SMILES string of the molecule is CC1CCc2sc(-c3nc(C4(N)CCCC4)no3)cc2C1. The van der Waals surface area contributed by atoms with Gasteiger partial charge in [0.15, 0.2) is 5.82 Å². The molecule has 21 heavy (non-hydrogen) atoms. The molecule has 1 unspecified atom stereocenters. The summed E-state index contributed by atoms with van der Waals surface area (Å²) in [5, 5.41) is 4.16. The lowest BCUT2D eigenvalue weighted by Crippen LogP contribution is -2.34. The van der Waals surface area contributed by atoms with Gasteiger partial charge in [-0.3, -0.25) is 0 Å². The molecule has 112 valence electrons. The standard InChI is InChI=1S/C16H21N3OS/c1-10-4-5-12-11(8-10)9-13(21-12)14-18-15(19-20-14)16(17)6-2-3-7-16/h9-10H,2-8,17H2,1H3. The van der Waals surface area contributed by atoms with E-state index in [1.54, 1.807) is 0 Å². The van der Waals surface area contributed by atoms with Crippen LogP contribution in [-0.4, -0.2) is 10.1 Å². The highest BCUT2D eigenvalue weighted by Gasteiger charge is 2.36. The minimum Gasteiger partial charge on any atom is -0.333 e. The number of rotatable bonds is 2. The van der Waals surface area contributed by atoms with Crippen molar-refractivity contribution in [3.8, 4) is 10.8 Å². The molecular weight excluding hydrogens is 282 g/mol. The maximum absolute atomic E-state index is 6.41. The first kappa shape index (κ1) is 13.5. The molecule has 0 aromatic carbocycles. The van der Waals surface area contributed by atoms with Crippen molar-refractivity contribution >= 4 is 11.3 Å². The number of fused-ring (bicyclic) bond motifs is 1. The molecule has 0 radical (unpaired) electrons. The number of aryl methyl sites for hydroxylation is 1. The van der Waals surface area contributed by atoms with E-state index in [0.29, 0.717) is 11.7 Å². The van der Waals surface area contributed by atoms with Crippen LogP contribution in [0.1, 0.15) is 55.3 Å². The second kappa shape index (κ2) is 4.92. The van der Waals surface area contributed by atoms with Gasteiger partial charge in [-0.1, -0.05) is 24.9 Å². The van der Waals surface area contributed by atoms with Crippen molar-refractivity contribution < 1.29 is 4.52 Å². The van der Waals surface area contributed by atoms with Crippen LogP contribution in [0.3, 0.4) is 0 Å². The number of hydrogen-bond donors (Lipinski definition) is 1. The van der Waals surface area contributed by atoms with E-state index in [2.05, 4.69) is 23.1 Å². The van der Waals surface area contributed by atoms with Crippen molar-refractivity contribution in [3.63, 3.8) is 0 Å². The molecule has 2 N–H and O–H groups in total. The van der Waals surface area contributed by atoms with Gasteiger partial charge in [0.1, 0.15) is 0 Å². The fraction of sp³-hybridized carbons (Fsp3) is 0.625. The second-order valence-electron chi connectivity index (χ2n) is 6.69. The summed E-state index contributed by atoms with van der Waals surface area (Å²) in [7, 11) is 0. The van der Waals surface area contributed by atoms with Crippen LogP contribution in [0.2, 0.25) is 0 Å². The van der Waals surface area contributed by atoms with Crippen LogP contribution >= 0.6 is 11.3 Å². The summed E-state index contributed by atoms with van der Waals surface area (Å²) in [6.45, 7) is 2.32. The van der Waals surface area contributed by atoms with Gasteiger partial charge in [-0.05, 0) is 49.7 Å². The molecule has 4 rings (SSSR count). The molecule has 0 bridgehead atoms. The van der Waals surface area contributed by atoms with Crippen molar-refractivity contribution in [3.05, 3.63) is 22.3 Å². The van der Waals surface area contributed by atoms with Crippen LogP contribution in [0.25, 0.3) is 10.8 Å². The van der Waals surface area contributed by atoms with E-state index in [4.69, 9.17) is 10.3 Å². The Morgan fingerprint density at radius 2 is 2.19 bits per heavy atom. The molecule has 1 saturated carbocycles. The zero-order chi connectivity index (χ0) is 14.4. The molecule has 0 saturated heterocycles. The van der Waals surface area contributed by atoms with Crippen molar-refractivity contribution in [2.24, 2.45) is 11.7 Å². The van der Waals surface area contributed by atoms with Crippen molar-refractivity contribution in [1.29, 1.82) is 0 Å². The third-order valence-electron chi connectivity index (χ3n) is 4.91. The molecule has 2 aliphatic rings. The van der Waals surface area contributed by atoms with E-state index < -0.39 is 0 Å². The first-order chi connectivity index (χ1) is 10.1. The topological polar surface area (TPSA) is 64.9 Å². The normalized spacial score (nSPS) is 24.2. The third-order valence-corrected chi connectivity index (χ3v) is 6.13. The van der Waals surface area contributed by atoms with Crippen LogP contribution in [0.15, 0.2) is 10.6 Å². The van der Waals surface area contributed by atoms with Gasteiger partial charge in [-0.25, -0.2) is 0 Å². The Kier molecular flexibility index (Phi) is 3.15. The van der Waals surface area contributed by atoms with E-state index in [1.165, 1.54) is 29.7 Å². The third kappa shape index (κ3) is 2.32. The maximum atomic E-state index is 6.41. The Balaban J connectivity index is 1.64. The van der Waals surface area contributed by atoms with Crippen molar-refractivity contribution in [1.82, 2.24) is 10.1 Å². The summed E-state index contributed by atoms with van der Waals surface area (Å²) in [4.78, 5) is 7.20. The Bertz CT molecular complexity index is 654. The Morgan fingerprint density at radius 1 is 1.38 bits per heavy atom. The van der Waals surface area contributed by atoms with E-state index in [0.717, 1.165) is 36.5 Å². The first-order valence-electron chi connectivity index (χ1n) is 7.89. The van der Waals surface area contributed by atoms with E-state index >= 15 is 0 Å². The fourth-order valence-corrected chi connectivity index (χ4v) is 4.70. The van der Waals surface area contributed by atoms with E-state index in [9.17, 15) is 0 Å². The smallest absolute Gasteiger partial charge is 0.268 e. The highest BCUT2D eigenvalue weighted by atomic mass is 32.1. The molecule has 0 amide bonds. The average molecular weight is 303 g/mol. The summed E-state index contributed by atoms with van der Waals surface area (Å²) in [5.74, 6) is 2.12. The predicted octanol–water partition coefficient (Wildman–Crippen LogP) is 3.65. The molecule has 1 fully saturated rings. The monoisotopic (exact) mass is 303 g/mol. The zero-order valence-corrected chi connectivity index (χ0v) is 13.2. The molecule has 0 aliphatic heterocycles. The second-order valence-corrected chi connectivity index (χ2v) is 7.83. The van der Waals surface area contributed by atoms with Gasteiger partial charge in [0.25, 0.3) is 5.89 Å². The quantitative estimate of drug-likeness (QED) is 0.919. The lowest BCUT2D eigenvalue weighted by atomic mass is 9.90. The lowest BCUT2D eigenvalue weighted by Gasteiger charge is -2.17. The maximum Gasteiger partial charge on any atom is 0.268 e. The lowest BCUT2D eigenvalue weighted by molar-refractivity contribution is 0.373. The van der Waals surface area contributed by atoms with Crippen LogP contribution in [0.4, 0.5) is 0 Å². The fourth-order valence-electron chi connectivity index (χ4n) is 3.57. The zero-order valence-electron chi connectivity index (χ0n) is 12.4. The van der Waals surface area contributed by atoms with Gasteiger partial charge in [0.2, 0.25) is 0 Å². The van der Waals surface area contributed by atoms with E-state index in [-0.39, 0.29) is 5.54 Å². The molecule has 5 heteroatoms. The summed E-state index contributed by atoms with van der Waals surface area (Å²) >= 11 is 1.81. The molecule has 2 aliphatic carbocycles. The van der Waals surface area contributed by atoms with Crippen LogP contribution in [0, 0.1) is 5.92 Å². The number of nitrogens with two attached hydrogens (primary N) is 1. The number of aromatic nitrogens is 2. The van der Waals surface area contributed by atoms with Crippen LogP contribution in [-0.2, 0) is 18.4 Å². The summed E-state index contributed by atoms with van der Waals surface area (Å²) in [6.07, 6.45) is 7.89.